The molecular formula is C29H24Cl2N4O2. The van der Waals surface area contributed by atoms with Gasteiger partial charge in [-0.05, 0) is 61.7 Å². The number of halogens is 2. The number of hydrogen-bond donors (Lipinski definition) is 2. The van der Waals surface area contributed by atoms with Crippen LogP contribution in [0.5, 0.6) is 0 Å². The minimum atomic E-state index is -0.358. The molecular weight excluding hydrogens is 507 g/mol. The number of fused-ring (bicyclic) bond motifs is 1. The number of amides is 2. The van der Waals surface area contributed by atoms with E-state index in [4.69, 9.17) is 28.2 Å². The van der Waals surface area contributed by atoms with Crippen LogP contribution in [0.25, 0.3) is 22.2 Å². The van der Waals surface area contributed by atoms with Gasteiger partial charge in [-0.25, -0.2) is 10.4 Å². The van der Waals surface area contributed by atoms with E-state index in [0.717, 1.165) is 36.1 Å². The van der Waals surface area contributed by atoms with Crippen LogP contribution in [0.3, 0.4) is 0 Å². The third-order valence-electron chi connectivity index (χ3n) is 6.55. The van der Waals surface area contributed by atoms with E-state index in [1.54, 1.807) is 18.2 Å². The molecule has 37 heavy (non-hydrogen) atoms. The summed E-state index contributed by atoms with van der Waals surface area (Å²) in [6, 6.07) is 21.8. The smallest absolute Gasteiger partial charge is 0.272 e. The summed E-state index contributed by atoms with van der Waals surface area (Å²) >= 11 is 12.3. The zero-order chi connectivity index (χ0) is 25.9. The van der Waals surface area contributed by atoms with Crippen molar-refractivity contribution >= 4 is 57.3 Å². The van der Waals surface area contributed by atoms with Crippen molar-refractivity contribution < 1.29 is 9.59 Å². The highest BCUT2D eigenvalue weighted by atomic mass is 35.5. The molecule has 0 saturated heterocycles. The molecule has 186 valence electrons. The van der Waals surface area contributed by atoms with Crippen LogP contribution in [0.15, 0.2) is 77.9 Å². The Labute approximate surface area is 224 Å². The Kier molecular flexibility index (Phi) is 7.22. The number of para-hydroxylation sites is 1. The molecule has 4 aromatic rings. The largest absolute Gasteiger partial charge is 0.326 e. The average Bonchev–Trinajstić information content (AvgIpc) is 2.87. The standard InChI is InChI=1S/C29H24Cl2N4O2/c1-17(18-9-12-21(13-10-18)32-28(36)19-5-4-6-19)34-35-29(37)23-16-27(20-11-14-24(30)25(31)15-20)33-26-8-3-2-7-22(23)26/h2-3,7-16,19H,4-6H2,1H3,(H,32,36)(H,35,37)/b34-17-. The molecule has 0 aliphatic heterocycles. The maximum Gasteiger partial charge on any atom is 0.272 e. The first-order chi connectivity index (χ1) is 17.9. The zero-order valence-electron chi connectivity index (χ0n) is 20.1. The average molecular weight is 531 g/mol. The molecule has 1 aliphatic carbocycles. The number of carbonyl (C=O) groups is 2. The van der Waals surface area contributed by atoms with Crippen molar-refractivity contribution in [3.05, 3.63) is 94.0 Å². The lowest BCUT2D eigenvalue weighted by Gasteiger charge is -2.24. The second kappa shape index (κ2) is 10.7. The Morgan fingerprint density at radius 2 is 1.70 bits per heavy atom. The summed E-state index contributed by atoms with van der Waals surface area (Å²) in [5, 5.41) is 8.84. The molecule has 1 aliphatic rings. The van der Waals surface area contributed by atoms with Crippen molar-refractivity contribution in [3.8, 4) is 11.3 Å². The fourth-order valence-corrected chi connectivity index (χ4v) is 4.43. The maximum atomic E-state index is 13.2. The summed E-state index contributed by atoms with van der Waals surface area (Å²) < 4.78 is 0. The molecule has 2 amide bonds. The molecule has 1 saturated carbocycles. The molecule has 0 unspecified atom stereocenters. The molecule has 1 aromatic heterocycles. The van der Waals surface area contributed by atoms with Crippen LogP contribution in [-0.4, -0.2) is 22.5 Å². The Bertz CT molecular complexity index is 1530. The van der Waals surface area contributed by atoms with E-state index in [1.807, 2.05) is 61.5 Å². The monoisotopic (exact) mass is 530 g/mol. The lowest BCUT2D eigenvalue weighted by molar-refractivity contribution is -0.122. The van der Waals surface area contributed by atoms with Gasteiger partial charge in [0.15, 0.2) is 0 Å². The van der Waals surface area contributed by atoms with Gasteiger partial charge < -0.3 is 5.32 Å². The number of hydrazone groups is 1. The van der Waals surface area contributed by atoms with Gasteiger partial charge in [-0.1, -0.05) is 66.0 Å². The highest BCUT2D eigenvalue weighted by molar-refractivity contribution is 6.42. The van der Waals surface area contributed by atoms with Gasteiger partial charge in [-0.15, -0.1) is 0 Å². The van der Waals surface area contributed by atoms with Gasteiger partial charge in [0.05, 0.1) is 32.5 Å². The summed E-state index contributed by atoms with van der Waals surface area (Å²) in [7, 11) is 0. The van der Waals surface area contributed by atoms with Gasteiger partial charge in [-0.3, -0.25) is 9.59 Å². The minimum Gasteiger partial charge on any atom is -0.326 e. The van der Waals surface area contributed by atoms with E-state index in [9.17, 15) is 9.59 Å². The summed E-state index contributed by atoms with van der Waals surface area (Å²) in [4.78, 5) is 30.1. The lowest BCUT2D eigenvalue weighted by atomic mass is 9.85. The van der Waals surface area contributed by atoms with Crippen molar-refractivity contribution in [2.24, 2.45) is 11.0 Å². The Balaban J connectivity index is 1.36. The van der Waals surface area contributed by atoms with Crippen LogP contribution in [0, 0.1) is 5.92 Å². The zero-order valence-corrected chi connectivity index (χ0v) is 21.6. The quantitative estimate of drug-likeness (QED) is 0.206. The van der Waals surface area contributed by atoms with E-state index in [-0.39, 0.29) is 17.7 Å². The van der Waals surface area contributed by atoms with Gasteiger partial charge in [0.2, 0.25) is 5.91 Å². The number of carbonyl (C=O) groups excluding carboxylic acids is 2. The van der Waals surface area contributed by atoms with Crippen LogP contribution in [0.1, 0.15) is 42.1 Å². The van der Waals surface area contributed by atoms with Gasteiger partial charge in [0.1, 0.15) is 0 Å². The highest BCUT2D eigenvalue weighted by Gasteiger charge is 2.25. The lowest BCUT2D eigenvalue weighted by Crippen LogP contribution is -2.28. The number of nitrogens with one attached hydrogen (secondary N) is 2. The number of nitrogens with zero attached hydrogens (tertiary/aromatic N) is 2. The van der Waals surface area contributed by atoms with Gasteiger partial charge in [-0.2, -0.15) is 5.10 Å². The molecule has 2 N–H and O–H groups in total. The van der Waals surface area contributed by atoms with Crippen LogP contribution in [0.2, 0.25) is 10.0 Å². The molecule has 5 rings (SSSR count). The highest BCUT2D eigenvalue weighted by Crippen LogP contribution is 2.30. The maximum absolute atomic E-state index is 13.2. The van der Waals surface area contributed by atoms with E-state index < -0.39 is 0 Å². The van der Waals surface area contributed by atoms with Crippen LogP contribution in [0.4, 0.5) is 5.69 Å². The number of aromatic nitrogens is 1. The SMILES string of the molecule is C/C(=N/NC(=O)c1cc(-c2ccc(Cl)c(Cl)c2)nc2ccccc12)c1ccc(NC(=O)C2CCC2)cc1. The first kappa shape index (κ1) is 24.9. The minimum absolute atomic E-state index is 0.0708. The third-order valence-corrected chi connectivity index (χ3v) is 7.29. The van der Waals surface area contributed by atoms with Crippen LogP contribution >= 0.6 is 23.2 Å². The van der Waals surface area contributed by atoms with Crippen molar-refractivity contribution in [2.75, 3.05) is 5.32 Å². The molecule has 0 bridgehead atoms. The predicted octanol–water partition coefficient (Wildman–Crippen LogP) is 7.10. The molecule has 0 atom stereocenters. The first-order valence-corrected chi connectivity index (χ1v) is 12.8. The number of hydrogen-bond acceptors (Lipinski definition) is 4. The number of benzene rings is 3. The van der Waals surface area contributed by atoms with Gasteiger partial charge >= 0.3 is 0 Å². The Hall–Kier alpha value is -3.74. The Morgan fingerprint density at radius 1 is 0.946 bits per heavy atom. The molecule has 8 heteroatoms. The summed E-state index contributed by atoms with van der Waals surface area (Å²) in [6.45, 7) is 1.81. The van der Waals surface area contributed by atoms with E-state index in [1.165, 1.54) is 0 Å². The molecule has 0 radical (unpaired) electrons. The molecule has 6 nitrogen and oxygen atoms in total. The number of anilines is 1. The van der Waals surface area contributed by atoms with Gasteiger partial charge in [0.25, 0.3) is 5.91 Å². The second-order valence-electron chi connectivity index (χ2n) is 9.03. The fraction of sp³-hybridized carbons (Fsp3) is 0.172. The summed E-state index contributed by atoms with van der Waals surface area (Å²) in [6.07, 6.45) is 3.03. The predicted molar refractivity (Wildman–Crippen MR) is 149 cm³/mol. The molecule has 3 aromatic carbocycles. The van der Waals surface area contributed by atoms with Crippen LogP contribution < -0.4 is 10.7 Å². The molecule has 1 fully saturated rings. The van der Waals surface area contributed by atoms with Crippen LogP contribution in [-0.2, 0) is 4.79 Å². The fourth-order valence-electron chi connectivity index (χ4n) is 4.14. The van der Waals surface area contributed by atoms with Crippen molar-refractivity contribution in [1.82, 2.24) is 10.4 Å². The van der Waals surface area contributed by atoms with Crippen molar-refractivity contribution in [1.29, 1.82) is 0 Å². The number of rotatable bonds is 6. The topological polar surface area (TPSA) is 83.4 Å². The normalized spacial score (nSPS) is 13.8. The van der Waals surface area contributed by atoms with Gasteiger partial charge in [0, 0.05) is 22.6 Å². The molecule has 0 spiro atoms. The van der Waals surface area contributed by atoms with E-state index in [0.29, 0.717) is 37.9 Å². The summed E-state index contributed by atoms with van der Waals surface area (Å²) in [5.41, 5.74) is 7.35. The third kappa shape index (κ3) is 5.50. The van der Waals surface area contributed by atoms with E-state index >= 15 is 0 Å². The summed E-state index contributed by atoms with van der Waals surface area (Å²) in [5.74, 6) is -0.162. The molecule has 1 heterocycles. The Morgan fingerprint density at radius 3 is 2.41 bits per heavy atom. The first-order valence-electron chi connectivity index (χ1n) is 12.0. The van der Waals surface area contributed by atoms with Crippen molar-refractivity contribution in [3.63, 3.8) is 0 Å². The van der Waals surface area contributed by atoms with Crippen molar-refractivity contribution in [2.45, 2.75) is 26.2 Å². The number of pyridine rings is 1. The van der Waals surface area contributed by atoms with E-state index in [2.05, 4.69) is 15.8 Å². The second-order valence-corrected chi connectivity index (χ2v) is 9.85.